The number of hydrogen-bond donors (Lipinski definition) is 3. The van der Waals surface area contributed by atoms with Crippen LogP contribution in [-0.4, -0.2) is 34.8 Å². The van der Waals surface area contributed by atoms with Crippen molar-refractivity contribution in [3.05, 3.63) is 69.5 Å². The highest BCUT2D eigenvalue weighted by Gasteiger charge is 2.36. The van der Waals surface area contributed by atoms with Gasteiger partial charge >= 0.3 is 5.97 Å². The minimum atomic E-state index is -1.43. The Kier molecular flexibility index (Phi) is 5.51. The summed E-state index contributed by atoms with van der Waals surface area (Å²) in [6.07, 6.45) is 2.64. The minimum Gasteiger partial charge on any atom is -0.477 e. The molecule has 0 bridgehead atoms. The van der Waals surface area contributed by atoms with Crippen LogP contribution in [0.1, 0.15) is 41.7 Å². The average molecular weight is 469 g/mol. The monoisotopic (exact) mass is 468 g/mol. The first-order valence-electron chi connectivity index (χ1n) is 11.4. The molecule has 4 N–H and O–H groups in total. The lowest BCUT2D eigenvalue weighted by atomic mass is 10.1. The van der Waals surface area contributed by atoms with Gasteiger partial charge in [0, 0.05) is 37.9 Å². The van der Waals surface area contributed by atoms with E-state index in [1.165, 1.54) is 10.8 Å². The fraction of sp³-hybridized carbons (Fsp3) is 0.360. The topological polar surface area (TPSA) is 101 Å². The Morgan fingerprint density at radius 1 is 1.18 bits per heavy atom. The molecule has 2 heterocycles. The zero-order valence-corrected chi connectivity index (χ0v) is 18.7. The van der Waals surface area contributed by atoms with Gasteiger partial charge in [-0.15, -0.1) is 0 Å². The Hall–Kier alpha value is -3.46. The summed E-state index contributed by atoms with van der Waals surface area (Å²) in [5.74, 6) is -3.17. The number of carbonyl (C=O) groups is 1. The third-order valence-corrected chi connectivity index (χ3v) is 6.80. The van der Waals surface area contributed by atoms with Gasteiger partial charge in [-0.2, -0.15) is 0 Å². The number of rotatable bonds is 6. The summed E-state index contributed by atoms with van der Waals surface area (Å²) in [6.45, 7) is 2.75. The largest absolute Gasteiger partial charge is 0.477 e. The summed E-state index contributed by atoms with van der Waals surface area (Å²) >= 11 is 0. The average Bonchev–Trinajstić information content (AvgIpc) is 3.59. The maximum atomic E-state index is 16.1. The molecule has 5 rings (SSSR count). The molecule has 3 aromatic rings. The molecule has 1 aliphatic carbocycles. The van der Waals surface area contributed by atoms with Crippen LogP contribution in [0, 0.1) is 17.6 Å². The van der Waals surface area contributed by atoms with Crippen molar-refractivity contribution in [2.24, 2.45) is 11.7 Å². The van der Waals surface area contributed by atoms with E-state index in [-0.39, 0.29) is 53.4 Å². The van der Waals surface area contributed by atoms with E-state index < -0.39 is 28.6 Å². The van der Waals surface area contributed by atoms with Crippen LogP contribution in [-0.2, 0) is 6.54 Å². The van der Waals surface area contributed by atoms with Gasteiger partial charge in [-0.1, -0.05) is 37.3 Å². The quantitative estimate of drug-likeness (QED) is 0.510. The number of halogens is 2. The third kappa shape index (κ3) is 3.69. The van der Waals surface area contributed by atoms with E-state index >= 15 is 8.78 Å². The maximum Gasteiger partial charge on any atom is 0.341 e. The molecule has 2 aromatic carbocycles. The third-order valence-electron chi connectivity index (χ3n) is 6.80. The van der Waals surface area contributed by atoms with Gasteiger partial charge in [-0.25, -0.2) is 13.6 Å². The van der Waals surface area contributed by atoms with E-state index in [0.717, 1.165) is 18.4 Å². The molecular formula is C25H26F2N4O3. The summed E-state index contributed by atoms with van der Waals surface area (Å²) in [4.78, 5) is 26.6. The number of hydrogen-bond acceptors (Lipinski definition) is 5. The second-order valence-corrected chi connectivity index (χ2v) is 9.28. The van der Waals surface area contributed by atoms with Crippen LogP contribution in [0.2, 0.25) is 0 Å². The van der Waals surface area contributed by atoms with E-state index in [0.29, 0.717) is 6.54 Å². The first kappa shape index (κ1) is 22.3. The van der Waals surface area contributed by atoms with Crippen molar-refractivity contribution in [3.8, 4) is 0 Å². The van der Waals surface area contributed by atoms with Crippen LogP contribution in [0.3, 0.4) is 0 Å². The lowest BCUT2D eigenvalue weighted by Gasteiger charge is -2.25. The maximum absolute atomic E-state index is 16.1. The minimum absolute atomic E-state index is 0.0373. The number of nitrogens with one attached hydrogen (secondary N) is 1. The van der Waals surface area contributed by atoms with Crippen molar-refractivity contribution in [1.29, 1.82) is 0 Å². The molecule has 0 spiro atoms. The second-order valence-electron chi connectivity index (χ2n) is 9.28. The fourth-order valence-corrected chi connectivity index (χ4v) is 4.72. The summed E-state index contributed by atoms with van der Waals surface area (Å²) in [6, 6.07) is 8.80. The second kappa shape index (κ2) is 8.39. The molecule has 2 aliphatic rings. The van der Waals surface area contributed by atoms with Gasteiger partial charge in [0.2, 0.25) is 5.43 Å². The molecule has 1 saturated carbocycles. The number of fused-ring (bicyclic) bond motifs is 1. The van der Waals surface area contributed by atoms with Crippen molar-refractivity contribution < 1.29 is 18.7 Å². The highest BCUT2D eigenvalue weighted by molar-refractivity contribution is 6.00. The zero-order chi connectivity index (χ0) is 24.1. The van der Waals surface area contributed by atoms with Gasteiger partial charge in [0.1, 0.15) is 11.3 Å². The fourth-order valence-electron chi connectivity index (χ4n) is 4.72. The molecule has 9 heteroatoms. The lowest BCUT2D eigenvalue weighted by molar-refractivity contribution is 0.0695. The first-order valence-corrected chi connectivity index (χ1v) is 11.4. The SMILES string of the molecule is C[C@H]1CN(c2c(F)c(NCc3ccccc3)c3c(=O)c(C(=O)O)cn(C4CC4)c3c2F)C[C@@H]1N. The molecule has 1 saturated heterocycles. The van der Waals surface area contributed by atoms with E-state index in [4.69, 9.17) is 5.73 Å². The molecule has 0 amide bonds. The van der Waals surface area contributed by atoms with Gasteiger partial charge in [-0.3, -0.25) is 4.79 Å². The van der Waals surface area contributed by atoms with E-state index in [1.807, 2.05) is 37.3 Å². The van der Waals surface area contributed by atoms with Crippen LogP contribution in [0.25, 0.3) is 10.9 Å². The Morgan fingerprint density at radius 2 is 1.88 bits per heavy atom. The molecule has 0 unspecified atom stereocenters. The number of aromatic carboxylic acids is 1. The van der Waals surface area contributed by atoms with Crippen molar-refractivity contribution in [2.45, 2.75) is 38.4 Å². The number of carboxylic acids is 1. The van der Waals surface area contributed by atoms with Crippen LogP contribution < -0.4 is 21.4 Å². The molecule has 7 nitrogen and oxygen atoms in total. The Bertz CT molecular complexity index is 1330. The zero-order valence-electron chi connectivity index (χ0n) is 18.7. The highest BCUT2D eigenvalue weighted by Crippen LogP contribution is 2.43. The van der Waals surface area contributed by atoms with Gasteiger partial charge in [0.15, 0.2) is 11.6 Å². The smallest absolute Gasteiger partial charge is 0.341 e. The molecule has 2 atom stereocenters. The lowest BCUT2D eigenvalue weighted by Crippen LogP contribution is -2.30. The van der Waals surface area contributed by atoms with Crippen LogP contribution in [0.5, 0.6) is 0 Å². The van der Waals surface area contributed by atoms with E-state index in [9.17, 15) is 14.7 Å². The predicted octanol–water partition coefficient (Wildman–Crippen LogP) is 3.71. The number of carboxylic acid groups (broad SMARTS) is 1. The molecule has 2 fully saturated rings. The molecule has 1 aliphatic heterocycles. The first-order chi connectivity index (χ1) is 16.3. The number of pyridine rings is 1. The number of anilines is 2. The molecule has 1 aromatic heterocycles. The standard InChI is InChI=1S/C25H26F2N4O3/c1-13-10-30(12-17(13)28)23-19(26)21(29-9-14-5-3-2-4-6-14)18-22(20(23)27)31(15-7-8-15)11-16(24(18)32)25(33)34/h2-6,11,13,15,17,29H,7-10,12,28H2,1H3,(H,33,34)/t13-,17-/m0/s1. The predicted molar refractivity (Wildman–Crippen MR) is 126 cm³/mol. The Labute approximate surface area is 194 Å². The Morgan fingerprint density at radius 3 is 2.47 bits per heavy atom. The van der Waals surface area contributed by atoms with Crippen molar-refractivity contribution in [2.75, 3.05) is 23.3 Å². The number of nitrogens with zero attached hydrogens (tertiary/aromatic N) is 2. The molecule has 34 heavy (non-hydrogen) atoms. The molecule has 178 valence electrons. The summed E-state index contributed by atoms with van der Waals surface area (Å²) in [5, 5.41) is 12.3. The van der Waals surface area contributed by atoms with E-state index in [1.54, 1.807) is 4.90 Å². The van der Waals surface area contributed by atoms with Gasteiger partial charge in [0.05, 0.1) is 16.6 Å². The summed E-state index contributed by atoms with van der Waals surface area (Å²) in [5.41, 5.74) is 5.05. The van der Waals surface area contributed by atoms with Gasteiger partial charge < -0.3 is 25.6 Å². The number of aromatic nitrogens is 1. The Balaban J connectivity index is 1.78. The molecule has 0 radical (unpaired) electrons. The van der Waals surface area contributed by atoms with Crippen molar-refractivity contribution in [1.82, 2.24) is 4.57 Å². The number of benzene rings is 2. The summed E-state index contributed by atoms with van der Waals surface area (Å²) in [7, 11) is 0. The van der Waals surface area contributed by atoms with Gasteiger partial charge in [0.25, 0.3) is 0 Å². The van der Waals surface area contributed by atoms with Crippen LogP contribution in [0.15, 0.2) is 41.3 Å². The van der Waals surface area contributed by atoms with Crippen LogP contribution in [0.4, 0.5) is 20.2 Å². The van der Waals surface area contributed by atoms with E-state index in [2.05, 4.69) is 5.32 Å². The van der Waals surface area contributed by atoms with Crippen molar-refractivity contribution >= 4 is 28.2 Å². The normalized spacial score (nSPS) is 20.2. The van der Waals surface area contributed by atoms with Crippen molar-refractivity contribution in [3.63, 3.8) is 0 Å². The highest BCUT2D eigenvalue weighted by atomic mass is 19.1. The van der Waals surface area contributed by atoms with Crippen LogP contribution >= 0.6 is 0 Å². The summed E-state index contributed by atoms with van der Waals surface area (Å²) < 4.78 is 33.6. The molecular weight excluding hydrogens is 442 g/mol. The van der Waals surface area contributed by atoms with Gasteiger partial charge in [-0.05, 0) is 24.3 Å². The number of nitrogens with two attached hydrogens (primary N) is 1.